The standard InChI is InChI=1S/C13H19ClN2O3S/c1-9-11(4-5-19-9)8-16-20(17,18)13-3-2-10(7-15)6-12(13)14/h2-3,6,9,11,16H,4-5,7-8,15H2,1H3. The van der Waals surface area contributed by atoms with E-state index in [0.717, 1.165) is 12.0 Å². The van der Waals surface area contributed by atoms with Crippen molar-refractivity contribution in [2.24, 2.45) is 11.7 Å². The Hall–Kier alpha value is -0.660. The normalized spacial score (nSPS) is 23.1. The van der Waals surface area contributed by atoms with Crippen LogP contribution in [0.1, 0.15) is 18.9 Å². The number of hydrogen-bond acceptors (Lipinski definition) is 4. The average Bonchev–Trinajstić information content (AvgIpc) is 2.81. The molecule has 1 heterocycles. The highest BCUT2D eigenvalue weighted by Gasteiger charge is 2.26. The Morgan fingerprint density at radius 3 is 2.80 bits per heavy atom. The van der Waals surface area contributed by atoms with Crippen molar-refractivity contribution >= 4 is 21.6 Å². The quantitative estimate of drug-likeness (QED) is 0.862. The van der Waals surface area contributed by atoms with E-state index in [0.29, 0.717) is 19.7 Å². The van der Waals surface area contributed by atoms with Crippen molar-refractivity contribution in [3.05, 3.63) is 28.8 Å². The zero-order valence-electron chi connectivity index (χ0n) is 11.3. The summed E-state index contributed by atoms with van der Waals surface area (Å²) >= 11 is 6.02. The number of rotatable bonds is 5. The summed E-state index contributed by atoms with van der Waals surface area (Å²) < 4.78 is 32.5. The molecule has 7 heteroatoms. The molecule has 0 saturated carbocycles. The first kappa shape index (κ1) is 15.7. The Bertz CT molecular complexity index is 577. The molecule has 1 aliphatic rings. The molecule has 1 aromatic carbocycles. The lowest BCUT2D eigenvalue weighted by molar-refractivity contribution is 0.107. The first-order valence-corrected chi connectivity index (χ1v) is 8.40. The summed E-state index contributed by atoms with van der Waals surface area (Å²) in [6, 6.07) is 4.74. The van der Waals surface area contributed by atoms with Crippen LogP contribution < -0.4 is 10.5 Å². The maximum atomic E-state index is 12.2. The molecule has 3 N–H and O–H groups in total. The summed E-state index contributed by atoms with van der Waals surface area (Å²) in [5.41, 5.74) is 6.29. The van der Waals surface area contributed by atoms with E-state index < -0.39 is 10.0 Å². The van der Waals surface area contributed by atoms with Crippen LogP contribution in [0.2, 0.25) is 5.02 Å². The number of hydrogen-bond donors (Lipinski definition) is 2. The van der Waals surface area contributed by atoms with Gasteiger partial charge in [0.1, 0.15) is 4.90 Å². The van der Waals surface area contributed by atoms with Crippen molar-refractivity contribution in [3.63, 3.8) is 0 Å². The predicted molar refractivity (Wildman–Crippen MR) is 78.1 cm³/mol. The molecule has 0 bridgehead atoms. The molecule has 2 rings (SSSR count). The van der Waals surface area contributed by atoms with Gasteiger partial charge in [-0.2, -0.15) is 0 Å². The first-order valence-electron chi connectivity index (χ1n) is 6.54. The van der Waals surface area contributed by atoms with E-state index in [1.807, 2.05) is 6.92 Å². The van der Waals surface area contributed by atoms with Crippen LogP contribution in [0.4, 0.5) is 0 Å². The van der Waals surface area contributed by atoms with E-state index in [4.69, 9.17) is 22.1 Å². The zero-order chi connectivity index (χ0) is 14.8. The Labute approximate surface area is 124 Å². The summed E-state index contributed by atoms with van der Waals surface area (Å²) in [6.07, 6.45) is 0.941. The van der Waals surface area contributed by atoms with E-state index >= 15 is 0 Å². The van der Waals surface area contributed by atoms with Crippen molar-refractivity contribution in [2.75, 3.05) is 13.2 Å². The fourth-order valence-corrected chi connectivity index (χ4v) is 3.89. The molecule has 0 amide bonds. The van der Waals surface area contributed by atoms with E-state index in [1.54, 1.807) is 12.1 Å². The third-order valence-corrected chi connectivity index (χ3v) is 5.50. The minimum Gasteiger partial charge on any atom is -0.378 e. The van der Waals surface area contributed by atoms with Gasteiger partial charge in [-0.1, -0.05) is 17.7 Å². The van der Waals surface area contributed by atoms with Crippen LogP contribution in [0.3, 0.4) is 0 Å². The van der Waals surface area contributed by atoms with Crippen LogP contribution in [-0.4, -0.2) is 27.7 Å². The molecule has 0 aromatic heterocycles. The van der Waals surface area contributed by atoms with Crippen LogP contribution in [0, 0.1) is 5.92 Å². The molecule has 0 radical (unpaired) electrons. The van der Waals surface area contributed by atoms with E-state index in [2.05, 4.69) is 4.72 Å². The molecule has 1 aromatic rings. The number of ether oxygens (including phenoxy) is 1. The van der Waals surface area contributed by atoms with Crippen molar-refractivity contribution < 1.29 is 13.2 Å². The van der Waals surface area contributed by atoms with Crippen molar-refractivity contribution in [3.8, 4) is 0 Å². The second-order valence-electron chi connectivity index (χ2n) is 4.95. The van der Waals surface area contributed by atoms with Gasteiger partial charge in [-0.3, -0.25) is 0 Å². The van der Waals surface area contributed by atoms with E-state index in [1.165, 1.54) is 6.07 Å². The van der Waals surface area contributed by atoms with Crippen LogP contribution in [0.5, 0.6) is 0 Å². The van der Waals surface area contributed by atoms with Gasteiger partial charge < -0.3 is 10.5 Å². The lowest BCUT2D eigenvalue weighted by Crippen LogP contribution is -2.32. The molecule has 20 heavy (non-hydrogen) atoms. The van der Waals surface area contributed by atoms with Crippen LogP contribution in [0.15, 0.2) is 23.1 Å². The summed E-state index contributed by atoms with van der Waals surface area (Å²) in [6.45, 7) is 3.32. The van der Waals surface area contributed by atoms with Crippen molar-refractivity contribution in [1.82, 2.24) is 4.72 Å². The lowest BCUT2D eigenvalue weighted by Gasteiger charge is -2.15. The van der Waals surface area contributed by atoms with Crippen LogP contribution >= 0.6 is 11.6 Å². The summed E-state index contributed by atoms with van der Waals surface area (Å²) in [7, 11) is -3.61. The van der Waals surface area contributed by atoms with Crippen LogP contribution in [-0.2, 0) is 21.3 Å². The summed E-state index contributed by atoms with van der Waals surface area (Å²) in [5.74, 6) is 0.201. The summed E-state index contributed by atoms with van der Waals surface area (Å²) in [5, 5.41) is 0.191. The Kier molecular flexibility index (Phi) is 5.04. The lowest BCUT2D eigenvalue weighted by atomic mass is 10.0. The van der Waals surface area contributed by atoms with Crippen molar-refractivity contribution in [2.45, 2.75) is 30.9 Å². The fourth-order valence-electron chi connectivity index (χ4n) is 2.23. The second-order valence-corrected chi connectivity index (χ2v) is 7.09. The van der Waals surface area contributed by atoms with Gasteiger partial charge in [0.25, 0.3) is 0 Å². The SMILES string of the molecule is CC1OCCC1CNS(=O)(=O)c1ccc(CN)cc1Cl. The van der Waals surface area contributed by atoms with Gasteiger partial charge in [-0.05, 0) is 31.0 Å². The minimum atomic E-state index is -3.61. The topological polar surface area (TPSA) is 81.4 Å². The molecule has 0 spiro atoms. The largest absolute Gasteiger partial charge is 0.378 e. The monoisotopic (exact) mass is 318 g/mol. The Morgan fingerprint density at radius 2 is 2.25 bits per heavy atom. The van der Waals surface area contributed by atoms with Gasteiger partial charge >= 0.3 is 0 Å². The highest BCUT2D eigenvalue weighted by molar-refractivity contribution is 7.89. The van der Waals surface area contributed by atoms with E-state index in [9.17, 15) is 8.42 Å². The highest BCUT2D eigenvalue weighted by atomic mass is 35.5. The zero-order valence-corrected chi connectivity index (χ0v) is 12.9. The maximum absolute atomic E-state index is 12.2. The molecule has 1 aliphatic heterocycles. The smallest absolute Gasteiger partial charge is 0.242 e. The fraction of sp³-hybridized carbons (Fsp3) is 0.538. The van der Waals surface area contributed by atoms with Gasteiger partial charge in [-0.25, -0.2) is 13.1 Å². The number of halogens is 1. The van der Waals surface area contributed by atoms with Crippen LogP contribution in [0.25, 0.3) is 0 Å². The van der Waals surface area contributed by atoms with Crippen molar-refractivity contribution in [1.29, 1.82) is 0 Å². The first-order chi connectivity index (χ1) is 9.44. The predicted octanol–water partition coefficient (Wildman–Crippen LogP) is 1.50. The third kappa shape index (κ3) is 3.51. The summed E-state index contributed by atoms with van der Waals surface area (Å²) in [4.78, 5) is 0.0861. The molecule has 112 valence electrons. The van der Waals surface area contributed by atoms with Gasteiger partial charge in [0.2, 0.25) is 10.0 Å². The second kappa shape index (κ2) is 6.41. The molecule has 0 aliphatic carbocycles. The molecular weight excluding hydrogens is 300 g/mol. The highest BCUT2D eigenvalue weighted by Crippen LogP contribution is 2.24. The van der Waals surface area contributed by atoms with Gasteiger partial charge in [0.15, 0.2) is 0 Å². The molecule has 5 nitrogen and oxygen atoms in total. The Balaban J connectivity index is 2.10. The molecule has 1 saturated heterocycles. The van der Waals surface area contributed by atoms with Gasteiger partial charge in [0, 0.05) is 25.6 Å². The number of sulfonamides is 1. The number of nitrogens with two attached hydrogens (primary N) is 1. The maximum Gasteiger partial charge on any atom is 0.242 e. The number of benzene rings is 1. The van der Waals surface area contributed by atoms with Gasteiger partial charge in [0.05, 0.1) is 11.1 Å². The average molecular weight is 319 g/mol. The third-order valence-electron chi connectivity index (χ3n) is 3.59. The molecule has 2 unspecified atom stereocenters. The minimum absolute atomic E-state index is 0.0767. The molecule has 1 fully saturated rings. The van der Waals surface area contributed by atoms with E-state index in [-0.39, 0.29) is 21.9 Å². The Morgan fingerprint density at radius 1 is 1.50 bits per heavy atom. The van der Waals surface area contributed by atoms with Gasteiger partial charge in [-0.15, -0.1) is 0 Å². The molecule has 2 atom stereocenters. The number of nitrogens with one attached hydrogen (secondary N) is 1. The molecular formula is C13H19ClN2O3S.